The molecule has 0 radical (unpaired) electrons. The minimum Gasteiger partial charge on any atom is -0.299 e. The van der Waals surface area contributed by atoms with E-state index >= 15 is 0 Å². The summed E-state index contributed by atoms with van der Waals surface area (Å²) < 4.78 is 0. The van der Waals surface area contributed by atoms with Crippen LogP contribution in [0.25, 0.3) is 0 Å². The number of ketones is 1. The lowest BCUT2D eigenvalue weighted by Crippen LogP contribution is -2.26. The molecule has 1 aromatic carbocycles. The van der Waals surface area contributed by atoms with Gasteiger partial charge in [0, 0.05) is 11.8 Å². The van der Waals surface area contributed by atoms with E-state index in [1.807, 2.05) is 32.9 Å². The molecule has 1 heteroatoms. The molecular weight excluding hydrogens is 184 g/mol. The van der Waals surface area contributed by atoms with Crippen molar-refractivity contribution in [3.63, 3.8) is 0 Å². The molecule has 0 aliphatic carbocycles. The van der Waals surface area contributed by atoms with E-state index < -0.39 is 0 Å². The van der Waals surface area contributed by atoms with Crippen molar-refractivity contribution in [2.24, 2.45) is 5.41 Å². The van der Waals surface area contributed by atoms with E-state index in [9.17, 15) is 4.79 Å². The summed E-state index contributed by atoms with van der Waals surface area (Å²) in [7, 11) is 0. The van der Waals surface area contributed by atoms with Crippen molar-refractivity contribution in [2.75, 3.05) is 0 Å². The molecule has 0 aromatic heterocycles. The normalized spacial score (nSPS) is 11.5. The molecule has 0 atom stereocenters. The molecule has 1 rings (SSSR count). The SMILES string of the molecule is CCC(=O)C(C)(C)Cc1ccccc1C. The Hall–Kier alpha value is -1.11. The first-order chi connectivity index (χ1) is 6.97. The smallest absolute Gasteiger partial charge is 0.138 e. The fourth-order valence-corrected chi connectivity index (χ4v) is 1.86. The molecule has 0 unspecified atom stereocenters. The second-order valence-electron chi connectivity index (χ2n) is 4.76. The summed E-state index contributed by atoms with van der Waals surface area (Å²) in [5.74, 6) is 0.339. The Kier molecular flexibility index (Phi) is 3.67. The van der Waals surface area contributed by atoms with Crippen molar-refractivity contribution in [2.45, 2.75) is 40.5 Å². The number of Topliss-reactive ketones (excluding diaryl/α,β-unsaturated/α-hetero) is 1. The summed E-state index contributed by atoms with van der Waals surface area (Å²) in [4.78, 5) is 11.7. The molecular formula is C14H20O. The average molecular weight is 204 g/mol. The van der Waals surface area contributed by atoms with Crippen molar-refractivity contribution >= 4 is 5.78 Å². The zero-order chi connectivity index (χ0) is 11.5. The number of hydrogen-bond acceptors (Lipinski definition) is 1. The Morgan fingerprint density at radius 1 is 1.27 bits per heavy atom. The van der Waals surface area contributed by atoms with Gasteiger partial charge in [0.15, 0.2) is 0 Å². The third kappa shape index (κ3) is 2.92. The highest BCUT2D eigenvalue weighted by atomic mass is 16.1. The Morgan fingerprint density at radius 3 is 2.40 bits per heavy atom. The van der Waals surface area contributed by atoms with E-state index in [0.717, 1.165) is 6.42 Å². The number of carbonyl (C=O) groups excluding carboxylic acids is 1. The Bertz CT molecular complexity index is 350. The highest BCUT2D eigenvalue weighted by molar-refractivity contribution is 5.84. The van der Waals surface area contributed by atoms with E-state index in [2.05, 4.69) is 19.1 Å². The minimum atomic E-state index is -0.235. The van der Waals surface area contributed by atoms with Gasteiger partial charge in [-0.25, -0.2) is 0 Å². The van der Waals surface area contributed by atoms with Gasteiger partial charge in [-0.05, 0) is 24.5 Å². The fourth-order valence-electron chi connectivity index (χ4n) is 1.86. The molecule has 0 fully saturated rings. The molecule has 82 valence electrons. The van der Waals surface area contributed by atoms with Gasteiger partial charge in [-0.1, -0.05) is 45.0 Å². The first kappa shape index (κ1) is 12.0. The molecule has 15 heavy (non-hydrogen) atoms. The van der Waals surface area contributed by atoms with Crippen LogP contribution >= 0.6 is 0 Å². The van der Waals surface area contributed by atoms with Crippen molar-refractivity contribution in [1.82, 2.24) is 0 Å². The quantitative estimate of drug-likeness (QED) is 0.733. The van der Waals surface area contributed by atoms with Gasteiger partial charge in [0.2, 0.25) is 0 Å². The van der Waals surface area contributed by atoms with E-state index in [1.165, 1.54) is 11.1 Å². The summed E-state index contributed by atoms with van der Waals surface area (Å²) in [6.07, 6.45) is 1.46. The molecule has 0 aliphatic rings. The van der Waals surface area contributed by atoms with E-state index in [1.54, 1.807) is 0 Å². The molecule has 0 saturated carbocycles. The van der Waals surface area contributed by atoms with Crippen LogP contribution in [0.3, 0.4) is 0 Å². The van der Waals surface area contributed by atoms with Crippen LogP contribution in [-0.4, -0.2) is 5.78 Å². The predicted octanol–water partition coefficient (Wildman–Crippen LogP) is 3.54. The zero-order valence-corrected chi connectivity index (χ0v) is 10.1. The summed E-state index contributed by atoms with van der Waals surface area (Å²) in [5.41, 5.74) is 2.32. The molecule has 0 heterocycles. The third-order valence-electron chi connectivity index (χ3n) is 2.97. The lowest BCUT2D eigenvalue weighted by molar-refractivity contribution is -0.126. The standard InChI is InChI=1S/C14H20O/c1-5-13(15)14(3,4)10-12-9-7-6-8-11(12)2/h6-9H,5,10H2,1-4H3. The number of benzene rings is 1. The lowest BCUT2D eigenvalue weighted by atomic mass is 9.80. The summed E-state index contributed by atoms with van der Waals surface area (Å²) in [6.45, 7) is 8.10. The maximum atomic E-state index is 11.7. The molecule has 0 N–H and O–H groups in total. The molecule has 0 saturated heterocycles. The second kappa shape index (κ2) is 4.61. The molecule has 0 aliphatic heterocycles. The predicted molar refractivity (Wildman–Crippen MR) is 64.0 cm³/mol. The Morgan fingerprint density at radius 2 is 1.87 bits per heavy atom. The van der Waals surface area contributed by atoms with E-state index in [0.29, 0.717) is 12.2 Å². The second-order valence-corrected chi connectivity index (χ2v) is 4.76. The average Bonchev–Trinajstić information content (AvgIpc) is 2.20. The van der Waals surface area contributed by atoms with Crippen molar-refractivity contribution < 1.29 is 4.79 Å². The van der Waals surface area contributed by atoms with Crippen molar-refractivity contribution in [3.05, 3.63) is 35.4 Å². The maximum absolute atomic E-state index is 11.7. The van der Waals surface area contributed by atoms with E-state index in [-0.39, 0.29) is 5.41 Å². The summed E-state index contributed by atoms with van der Waals surface area (Å²) in [6, 6.07) is 8.28. The lowest BCUT2D eigenvalue weighted by Gasteiger charge is -2.23. The van der Waals surface area contributed by atoms with Crippen LogP contribution < -0.4 is 0 Å². The molecule has 0 amide bonds. The molecule has 1 aromatic rings. The Labute approximate surface area is 92.5 Å². The van der Waals surface area contributed by atoms with Crippen LogP contribution in [0.1, 0.15) is 38.3 Å². The van der Waals surface area contributed by atoms with Gasteiger partial charge in [0.05, 0.1) is 0 Å². The van der Waals surface area contributed by atoms with Crippen LogP contribution in [0, 0.1) is 12.3 Å². The molecule has 1 nitrogen and oxygen atoms in total. The first-order valence-electron chi connectivity index (χ1n) is 5.55. The summed E-state index contributed by atoms with van der Waals surface area (Å²) in [5, 5.41) is 0. The minimum absolute atomic E-state index is 0.235. The number of hydrogen-bond donors (Lipinski definition) is 0. The van der Waals surface area contributed by atoms with Crippen LogP contribution in [0.5, 0.6) is 0 Å². The van der Waals surface area contributed by atoms with Crippen LogP contribution in [0.4, 0.5) is 0 Å². The van der Waals surface area contributed by atoms with Crippen molar-refractivity contribution in [1.29, 1.82) is 0 Å². The summed E-state index contributed by atoms with van der Waals surface area (Å²) >= 11 is 0. The highest BCUT2D eigenvalue weighted by Crippen LogP contribution is 2.25. The maximum Gasteiger partial charge on any atom is 0.138 e. The zero-order valence-electron chi connectivity index (χ0n) is 10.1. The number of rotatable bonds is 4. The van der Waals surface area contributed by atoms with Gasteiger partial charge in [-0.3, -0.25) is 4.79 Å². The van der Waals surface area contributed by atoms with Gasteiger partial charge in [-0.15, -0.1) is 0 Å². The van der Waals surface area contributed by atoms with Crippen molar-refractivity contribution in [3.8, 4) is 0 Å². The molecule has 0 bridgehead atoms. The van der Waals surface area contributed by atoms with Crippen LogP contribution in [-0.2, 0) is 11.2 Å². The highest BCUT2D eigenvalue weighted by Gasteiger charge is 2.26. The van der Waals surface area contributed by atoms with Crippen LogP contribution in [0.2, 0.25) is 0 Å². The largest absolute Gasteiger partial charge is 0.299 e. The van der Waals surface area contributed by atoms with E-state index in [4.69, 9.17) is 0 Å². The fraction of sp³-hybridized carbons (Fsp3) is 0.500. The number of carbonyl (C=O) groups is 1. The van der Waals surface area contributed by atoms with Gasteiger partial charge in [-0.2, -0.15) is 0 Å². The van der Waals surface area contributed by atoms with Gasteiger partial charge in [0.1, 0.15) is 5.78 Å². The molecule has 0 spiro atoms. The third-order valence-corrected chi connectivity index (χ3v) is 2.97. The number of aryl methyl sites for hydroxylation is 1. The Balaban J connectivity index is 2.86. The first-order valence-corrected chi connectivity index (χ1v) is 5.55. The van der Waals surface area contributed by atoms with Gasteiger partial charge < -0.3 is 0 Å². The monoisotopic (exact) mass is 204 g/mol. The van der Waals surface area contributed by atoms with Crippen LogP contribution in [0.15, 0.2) is 24.3 Å². The topological polar surface area (TPSA) is 17.1 Å². The van der Waals surface area contributed by atoms with Gasteiger partial charge in [0.25, 0.3) is 0 Å². The van der Waals surface area contributed by atoms with Gasteiger partial charge >= 0.3 is 0 Å².